The first-order chi connectivity index (χ1) is 9.69. The average Bonchev–Trinajstić information content (AvgIpc) is 2.45. The minimum atomic E-state index is -0.254. The van der Waals surface area contributed by atoms with Gasteiger partial charge in [-0.25, -0.2) is 0 Å². The second-order valence-corrected chi connectivity index (χ2v) is 4.57. The van der Waals surface area contributed by atoms with Crippen LogP contribution in [-0.2, 0) is 11.3 Å². The summed E-state index contributed by atoms with van der Waals surface area (Å²) in [6, 6.07) is 5.39. The van der Waals surface area contributed by atoms with Crippen LogP contribution in [0.25, 0.3) is 0 Å². The molecule has 0 bridgehead atoms. The van der Waals surface area contributed by atoms with Crippen molar-refractivity contribution in [3.8, 4) is 18.1 Å². The Hall–Kier alpha value is -1.70. The highest BCUT2D eigenvalue weighted by atomic mass is 35.5. The molecule has 1 aromatic rings. The van der Waals surface area contributed by atoms with Crippen molar-refractivity contribution in [1.82, 2.24) is 10.6 Å². The second-order valence-electron chi connectivity index (χ2n) is 4.16. The van der Waals surface area contributed by atoms with Gasteiger partial charge in [-0.2, -0.15) is 0 Å². The topological polar surface area (TPSA) is 50.4 Å². The van der Waals surface area contributed by atoms with E-state index in [2.05, 4.69) is 23.5 Å². The van der Waals surface area contributed by atoms with Crippen LogP contribution in [0.15, 0.2) is 18.2 Å². The Morgan fingerprint density at radius 2 is 2.30 bits per heavy atom. The van der Waals surface area contributed by atoms with Gasteiger partial charge in [0.25, 0.3) is 5.91 Å². The van der Waals surface area contributed by atoms with Gasteiger partial charge in [-0.05, 0) is 25.1 Å². The number of halogens is 1. The first-order valence-corrected chi connectivity index (χ1v) is 6.87. The van der Waals surface area contributed by atoms with Crippen molar-refractivity contribution in [2.24, 2.45) is 0 Å². The third-order valence-electron chi connectivity index (χ3n) is 2.55. The molecule has 1 amide bonds. The zero-order valence-electron chi connectivity index (χ0n) is 11.5. The molecule has 0 heterocycles. The number of carbonyl (C=O) groups excluding carboxylic acids is 1. The molecule has 20 heavy (non-hydrogen) atoms. The lowest BCUT2D eigenvalue weighted by molar-refractivity contribution is -0.122. The molecule has 0 unspecified atom stereocenters. The van der Waals surface area contributed by atoms with Gasteiger partial charge < -0.3 is 15.4 Å². The van der Waals surface area contributed by atoms with Crippen LogP contribution in [0.2, 0.25) is 5.02 Å². The smallest absolute Gasteiger partial charge is 0.258 e. The molecule has 0 saturated carbocycles. The molecule has 108 valence electrons. The summed E-state index contributed by atoms with van der Waals surface area (Å²) >= 11 is 6.16. The average molecular weight is 295 g/mol. The molecule has 5 heteroatoms. The lowest BCUT2D eigenvalue weighted by atomic mass is 10.2. The third-order valence-corrected chi connectivity index (χ3v) is 2.90. The Kier molecular flexibility index (Phi) is 7.56. The van der Waals surface area contributed by atoms with Gasteiger partial charge in [0.2, 0.25) is 0 Å². The van der Waals surface area contributed by atoms with Gasteiger partial charge in [0.1, 0.15) is 5.75 Å². The lowest BCUT2D eigenvalue weighted by Gasteiger charge is -2.13. The van der Waals surface area contributed by atoms with Crippen molar-refractivity contribution in [2.75, 3.05) is 19.7 Å². The molecule has 2 N–H and O–H groups in total. The summed E-state index contributed by atoms with van der Waals surface area (Å²) in [4.78, 5) is 11.5. The summed E-state index contributed by atoms with van der Waals surface area (Å²) in [6.45, 7) is 3.71. The van der Waals surface area contributed by atoms with Crippen LogP contribution >= 0.6 is 11.6 Å². The van der Waals surface area contributed by atoms with Gasteiger partial charge in [0.05, 0.1) is 6.54 Å². The monoisotopic (exact) mass is 294 g/mol. The van der Waals surface area contributed by atoms with Gasteiger partial charge in [-0.1, -0.05) is 30.5 Å². The maximum atomic E-state index is 11.5. The third kappa shape index (κ3) is 5.52. The van der Waals surface area contributed by atoms with Crippen LogP contribution in [-0.4, -0.2) is 25.6 Å². The zero-order chi connectivity index (χ0) is 14.8. The number of benzene rings is 1. The second kappa shape index (κ2) is 9.24. The van der Waals surface area contributed by atoms with Crippen molar-refractivity contribution in [3.63, 3.8) is 0 Å². The van der Waals surface area contributed by atoms with E-state index in [1.165, 1.54) is 0 Å². The van der Waals surface area contributed by atoms with Gasteiger partial charge in [0, 0.05) is 17.1 Å². The van der Waals surface area contributed by atoms with E-state index in [1.807, 2.05) is 0 Å². The van der Waals surface area contributed by atoms with Crippen LogP contribution in [0, 0.1) is 12.3 Å². The maximum Gasteiger partial charge on any atom is 0.258 e. The molecule has 0 radical (unpaired) electrons. The number of rotatable bonds is 8. The number of hydrogen-bond donors (Lipinski definition) is 2. The Morgan fingerprint density at radius 3 is 3.00 bits per heavy atom. The summed E-state index contributed by atoms with van der Waals surface area (Å²) in [7, 11) is 0. The van der Waals surface area contributed by atoms with Gasteiger partial charge in [-0.15, -0.1) is 6.42 Å². The van der Waals surface area contributed by atoms with Crippen molar-refractivity contribution < 1.29 is 9.53 Å². The normalized spacial score (nSPS) is 9.85. The van der Waals surface area contributed by atoms with Crippen LogP contribution in [0.4, 0.5) is 0 Å². The lowest BCUT2D eigenvalue weighted by Crippen LogP contribution is -2.29. The van der Waals surface area contributed by atoms with E-state index < -0.39 is 0 Å². The van der Waals surface area contributed by atoms with E-state index in [0.717, 1.165) is 18.5 Å². The standard InChI is InChI=1S/C15H19ClN2O2/c1-3-8-17-10-12-13(16)6-5-7-14(12)20-11-15(19)18-9-4-2/h2,5-7,17H,3,8-11H2,1H3,(H,18,19). The van der Waals surface area contributed by atoms with Crippen LogP contribution in [0.5, 0.6) is 5.75 Å². The van der Waals surface area contributed by atoms with Crippen molar-refractivity contribution in [2.45, 2.75) is 19.9 Å². The molecule has 0 fully saturated rings. The van der Waals surface area contributed by atoms with Gasteiger partial charge in [0.15, 0.2) is 6.61 Å². The minimum absolute atomic E-state index is 0.0806. The predicted molar refractivity (Wildman–Crippen MR) is 80.8 cm³/mol. The molecule has 4 nitrogen and oxygen atoms in total. The first kappa shape index (κ1) is 16.4. The fourth-order valence-corrected chi connectivity index (χ4v) is 1.81. The Morgan fingerprint density at radius 1 is 1.50 bits per heavy atom. The number of nitrogens with one attached hydrogen (secondary N) is 2. The SMILES string of the molecule is C#CCNC(=O)COc1cccc(Cl)c1CNCCC. The largest absolute Gasteiger partial charge is 0.483 e. The molecule has 0 atom stereocenters. The summed E-state index contributed by atoms with van der Waals surface area (Å²) in [6.07, 6.45) is 6.10. The van der Waals surface area contributed by atoms with Crippen molar-refractivity contribution in [1.29, 1.82) is 0 Å². The van der Waals surface area contributed by atoms with Gasteiger partial charge >= 0.3 is 0 Å². The quantitative estimate of drug-likeness (QED) is 0.569. The Labute approximate surface area is 124 Å². The fourth-order valence-electron chi connectivity index (χ4n) is 1.58. The molecular weight excluding hydrogens is 276 g/mol. The Balaban J connectivity index is 2.62. The van der Waals surface area contributed by atoms with E-state index >= 15 is 0 Å². The summed E-state index contributed by atoms with van der Waals surface area (Å²) in [5.74, 6) is 2.69. The molecule has 1 rings (SSSR count). The highest BCUT2D eigenvalue weighted by molar-refractivity contribution is 6.31. The maximum absolute atomic E-state index is 11.5. The van der Waals surface area contributed by atoms with Crippen LogP contribution in [0.3, 0.4) is 0 Å². The van der Waals surface area contributed by atoms with E-state index in [4.69, 9.17) is 22.8 Å². The molecule has 0 saturated heterocycles. The molecule has 0 aliphatic carbocycles. The molecule has 1 aromatic carbocycles. The molecule has 0 aliphatic heterocycles. The Bertz CT molecular complexity index is 483. The van der Waals surface area contributed by atoms with Crippen LogP contribution < -0.4 is 15.4 Å². The van der Waals surface area contributed by atoms with E-state index in [-0.39, 0.29) is 19.1 Å². The predicted octanol–water partition coefficient (Wildman–Crippen LogP) is 1.97. The first-order valence-electron chi connectivity index (χ1n) is 6.50. The number of hydrogen-bond acceptors (Lipinski definition) is 3. The minimum Gasteiger partial charge on any atom is -0.483 e. The van der Waals surface area contributed by atoms with Gasteiger partial charge in [-0.3, -0.25) is 4.79 Å². The number of ether oxygens (including phenoxy) is 1. The summed E-state index contributed by atoms with van der Waals surface area (Å²) < 4.78 is 5.50. The highest BCUT2D eigenvalue weighted by Crippen LogP contribution is 2.26. The molecular formula is C15H19ClN2O2. The van der Waals surface area contributed by atoms with Crippen molar-refractivity contribution >= 4 is 17.5 Å². The molecule has 0 spiro atoms. The number of terminal acetylenes is 1. The van der Waals surface area contributed by atoms with Crippen molar-refractivity contribution in [3.05, 3.63) is 28.8 Å². The summed E-state index contributed by atoms with van der Waals surface area (Å²) in [5.41, 5.74) is 0.854. The zero-order valence-corrected chi connectivity index (χ0v) is 12.3. The van der Waals surface area contributed by atoms with E-state index in [9.17, 15) is 4.79 Å². The molecule has 0 aliphatic rings. The summed E-state index contributed by atoms with van der Waals surface area (Å²) in [5, 5.41) is 6.42. The van der Waals surface area contributed by atoms with E-state index in [1.54, 1.807) is 18.2 Å². The molecule has 0 aromatic heterocycles. The number of amides is 1. The fraction of sp³-hybridized carbons (Fsp3) is 0.400. The highest BCUT2D eigenvalue weighted by Gasteiger charge is 2.09. The van der Waals surface area contributed by atoms with E-state index in [0.29, 0.717) is 17.3 Å². The van der Waals surface area contributed by atoms with Crippen LogP contribution in [0.1, 0.15) is 18.9 Å². The number of carbonyl (C=O) groups is 1.